The van der Waals surface area contributed by atoms with Crippen LogP contribution in [0.5, 0.6) is 0 Å². The van der Waals surface area contributed by atoms with Crippen LogP contribution in [0.25, 0.3) is 11.0 Å². The molecule has 5 rings (SSSR count). The lowest BCUT2D eigenvalue weighted by Gasteiger charge is -2.41. The lowest BCUT2D eigenvalue weighted by atomic mass is 9.68. The Bertz CT molecular complexity index is 1300. The smallest absolute Gasteiger partial charge is 0.261 e. The van der Waals surface area contributed by atoms with Gasteiger partial charge in [0, 0.05) is 55.3 Å². The Hall–Kier alpha value is -3.49. The number of amides is 1. The first kappa shape index (κ1) is 21.4. The third-order valence-electron chi connectivity index (χ3n) is 6.84. The minimum Gasteiger partial charge on any atom is -0.359 e. The number of rotatable bonds is 4. The van der Waals surface area contributed by atoms with Gasteiger partial charge < -0.3 is 15.2 Å². The lowest BCUT2D eigenvalue weighted by molar-refractivity contribution is 0.0964. The van der Waals surface area contributed by atoms with Crippen LogP contribution in [0.4, 0.5) is 14.6 Å². The van der Waals surface area contributed by atoms with Crippen molar-refractivity contribution in [1.29, 1.82) is 0 Å². The van der Waals surface area contributed by atoms with E-state index in [1.807, 2.05) is 30.2 Å². The molecule has 3 aromatic rings. The van der Waals surface area contributed by atoms with Crippen LogP contribution in [0, 0.1) is 0 Å². The summed E-state index contributed by atoms with van der Waals surface area (Å²) in [5, 5.41) is 6.85. The second-order valence-corrected chi connectivity index (χ2v) is 8.90. The number of nitrogens with one attached hydrogen (secondary N) is 2. The number of carbonyl (C=O) groups excluding carboxylic acids is 1. The van der Waals surface area contributed by atoms with Crippen LogP contribution in [0.3, 0.4) is 0 Å². The van der Waals surface area contributed by atoms with Gasteiger partial charge in [0.15, 0.2) is 0 Å². The zero-order valence-electron chi connectivity index (χ0n) is 18.8. The molecule has 2 aliphatic rings. The van der Waals surface area contributed by atoms with Crippen LogP contribution >= 0.6 is 0 Å². The molecule has 0 radical (unpaired) electrons. The molecule has 0 saturated heterocycles. The number of nitrogens with zero attached hydrogens (tertiary/aromatic N) is 4. The average Bonchev–Trinajstić information content (AvgIpc) is 3.43. The number of hydrogen-bond donors (Lipinski definition) is 2. The number of fused-ring (bicyclic) bond motifs is 1. The van der Waals surface area contributed by atoms with Crippen molar-refractivity contribution < 1.29 is 13.6 Å². The highest BCUT2D eigenvalue weighted by atomic mass is 19.3. The maximum absolute atomic E-state index is 14.3. The molecule has 1 aliphatic heterocycles. The Morgan fingerprint density at radius 1 is 1.33 bits per heavy atom. The van der Waals surface area contributed by atoms with Crippen molar-refractivity contribution in [2.75, 3.05) is 18.5 Å². The summed E-state index contributed by atoms with van der Waals surface area (Å²) in [5.41, 5.74) is 3.78. The van der Waals surface area contributed by atoms with E-state index in [0.717, 1.165) is 35.2 Å². The number of alkyl halides is 2. The molecular formula is C24H26F2N6O. The minimum absolute atomic E-state index is 0.0925. The number of aromatic amines is 1. The molecule has 1 unspecified atom stereocenters. The SMILES string of the molecule is CNC(=O)c1c[nH]c2ccc(N3CCCC4=C3C=C(C(F)F)C(C)(c3cnn(C)c3)C4)nc12. The molecule has 7 nitrogen and oxygen atoms in total. The molecule has 0 saturated carbocycles. The fourth-order valence-corrected chi connectivity index (χ4v) is 5.05. The fraction of sp³-hybridized carbons (Fsp3) is 0.375. The minimum atomic E-state index is -2.59. The van der Waals surface area contributed by atoms with Gasteiger partial charge in [0.05, 0.1) is 17.3 Å². The van der Waals surface area contributed by atoms with Gasteiger partial charge in [0.25, 0.3) is 12.3 Å². The number of aromatic nitrogens is 4. The molecule has 1 aliphatic carbocycles. The first-order valence-corrected chi connectivity index (χ1v) is 11.0. The maximum atomic E-state index is 14.3. The summed E-state index contributed by atoms with van der Waals surface area (Å²) in [7, 11) is 3.37. The van der Waals surface area contributed by atoms with Crippen LogP contribution in [0.15, 0.2) is 53.6 Å². The first-order chi connectivity index (χ1) is 15.8. The Kier molecular flexibility index (Phi) is 5.07. The van der Waals surface area contributed by atoms with Gasteiger partial charge >= 0.3 is 0 Å². The van der Waals surface area contributed by atoms with E-state index >= 15 is 0 Å². The van der Waals surface area contributed by atoms with Gasteiger partial charge in [-0.2, -0.15) is 5.10 Å². The van der Waals surface area contributed by atoms with Crippen LogP contribution in [0.1, 0.15) is 42.1 Å². The molecule has 172 valence electrons. The van der Waals surface area contributed by atoms with E-state index in [0.29, 0.717) is 29.9 Å². The summed E-state index contributed by atoms with van der Waals surface area (Å²) in [6, 6.07) is 3.74. The van der Waals surface area contributed by atoms with Crippen LogP contribution in [-0.4, -0.2) is 45.7 Å². The Labute approximate surface area is 190 Å². The van der Waals surface area contributed by atoms with Crippen molar-refractivity contribution in [1.82, 2.24) is 25.1 Å². The van der Waals surface area contributed by atoms with Crippen molar-refractivity contribution in [2.24, 2.45) is 7.05 Å². The second kappa shape index (κ2) is 7.83. The molecule has 1 amide bonds. The largest absolute Gasteiger partial charge is 0.359 e. The average molecular weight is 453 g/mol. The fourth-order valence-electron chi connectivity index (χ4n) is 5.05. The monoisotopic (exact) mass is 452 g/mol. The van der Waals surface area contributed by atoms with E-state index in [9.17, 15) is 13.6 Å². The van der Waals surface area contributed by atoms with Gasteiger partial charge in [-0.15, -0.1) is 0 Å². The number of halogens is 2. The van der Waals surface area contributed by atoms with E-state index < -0.39 is 11.8 Å². The van der Waals surface area contributed by atoms with Gasteiger partial charge in [-0.25, -0.2) is 13.8 Å². The number of pyridine rings is 1. The number of aryl methyl sites for hydroxylation is 1. The van der Waals surface area contributed by atoms with Crippen LogP contribution < -0.4 is 10.2 Å². The highest BCUT2D eigenvalue weighted by Crippen LogP contribution is 2.48. The van der Waals surface area contributed by atoms with Crippen LogP contribution in [0.2, 0.25) is 0 Å². The summed E-state index contributed by atoms with van der Waals surface area (Å²) in [5.74, 6) is 0.420. The van der Waals surface area contributed by atoms with Crippen molar-refractivity contribution in [3.8, 4) is 0 Å². The van der Waals surface area contributed by atoms with E-state index in [2.05, 4.69) is 15.4 Å². The molecule has 0 aromatic carbocycles. The Morgan fingerprint density at radius 2 is 2.15 bits per heavy atom. The molecule has 33 heavy (non-hydrogen) atoms. The quantitative estimate of drug-likeness (QED) is 0.626. The molecule has 2 N–H and O–H groups in total. The zero-order chi connectivity index (χ0) is 23.3. The summed E-state index contributed by atoms with van der Waals surface area (Å²) in [6.07, 6.45) is 6.46. The molecule has 0 spiro atoms. The van der Waals surface area contributed by atoms with Crippen molar-refractivity contribution in [3.05, 3.63) is 64.8 Å². The molecule has 4 heterocycles. The first-order valence-electron chi connectivity index (χ1n) is 11.0. The molecule has 1 atom stereocenters. The number of hydrogen-bond acceptors (Lipinski definition) is 4. The van der Waals surface area contributed by atoms with Gasteiger partial charge in [0.1, 0.15) is 11.3 Å². The van der Waals surface area contributed by atoms with Crippen molar-refractivity contribution >= 4 is 22.8 Å². The summed E-state index contributed by atoms with van der Waals surface area (Å²) < 4.78 is 30.3. The standard InChI is InChI=1S/C24H26F2N6O/c1-24(15-11-29-31(3)13-15)10-14-5-4-8-32(19(14)9-17(24)22(25)26)20-7-6-18-21(30-20)16(12-28-18)23(33)27-2/h6-7,9,11-13,22,28H,4-5,8,10H2,1-3H3,(H,27,33). The zero-order valence-corrected chi connectivity index (χ0v) is 18.8. The number of allylic oxidation sites excluding steroid dienone is 3. The predicted molar refractivity (Wildman–Crippen MR) is 122 cm³/mol. The van der Waals surface area contributed by atoms with Gasteiger partial charge in [-0.3, -0.25) is 9.48 Å². The van der Waals surface area contributed by atoms with Crippen LogP contribution in [-0.2, 0) is 12.5 Å². The predicted octanol–water partition coefficient (Wildman–Crippen LogP) is 4.06. The van der Waals surface area contributed by atoms with Gasteiger partial charge in [0.2, 0.25) is 0 Å². The highest BCUT2D eigenvalue weighted by Gasteiger charge is 2.42. The van der Waals surface area contributed by atoms with E-state index in [1.54, 1.807) is 37.2 Å². The Balaban J connectivity index is 1.59. The normalized spacial score (nSPS) is 20.9. The second-order valence-electron chi connectivity index (χ2n) is 8.90. The molecule has 0 bridgehead atoms. The lowest BCUT2D eigenvalue weighted by Crippen LogP contribution is -2.38. The van der Waals surface area contributed by atoms with Crippen molar-refractivity contribution in [2.45, 2.75) is 38.0 Å². The molecule has 0 fully saturated rings. The summed E-state index contributed by atoms with van der Waals surface area (Å²) >= 11 is 0. The number of carbonyl (C=O) groups is 1. The molecule has 3 aromatic heterocycles. The van der Waals surface area contributed by atoms with E-state index in [1.165, 1.54) is 0 Å². The highest BCUT2D eigenvalue weighted by molar-refractivity contribution is 6.05. The Morgan fingerprint density at radius 3 is 2.85 bits per heavy atom. The molecule has 9 heteroatoms. The summed E-state index contributed by atoms with van der Waals surface area (Å²) in [4.78, 5) is 22.1. The third kappa shape index (κ3) is 3.42. The molecular weight excluding hydrogens is 426 g/mol. The van der Waals surface area contributed by atoms with E-state index in [4.69, 9.17) is 4.98 Å². The van der Waals surface area contributed by atoms with Gasteiger partial charge in [-0.1, -0.05) is 6.92 Å². The van der Waals surface area contributed by atoms with Crippen molar-refractivity contribution in [3.63, 3.8) is 0 Å². The van der Waals surface area contributed by atoms with E-state index in [-0.39, 0.29) is 11.5 Å². The number of H-pyrrole nitrogens is 1. The number of anilines is 1. The maximum Gasteiger partial charge on any atom is 0.261 e. The topological polar surface area (TPSA) is 78.8 Å². The summed E-state index contributed by atoms with van der Waals surface area (Å²) in [6.45, 7) is 2.55. The van der Waals surface area contributed by atoms with Gasteiger partial charge in [-0.05, 0) is 43.0 Å². The third-order valence-corrected chi connectivity index (χ3v) is 6.84.